The van der Waals surface area contributed by atoms with E-state index in [-0.39, 0.29) is 12.4 Å². The Bertz CT molecular complexity index is 793. The molecule has 0 radical (unpaired) electrons. The predicted octanol–water partition coefficient (Wildman–Crippen LogP) is 4.59. The Hall–Kier alpha value is -2.24. The number of primary amides is 1. The van der Waals surface area contributed by atoms with Crippen LogP contribution in [0.2, 0.25) is 0 Å². The van der Waals surface area contributed by atoms with Crippen molar-refractivity contribution in [2.24, 2.45) is 11.7 Å². The summed E-state index contributed by atoms with van der Waals surface area (Å²) in [5.41, 5.74) is 8.56. The van der Waals surface area contributed by atoms with E-state index in [1.807, 2.05) is 18.2 Å². The van der Waals surface area contributed by atoms with Gasteiger partial charge in [0.25, 0.3) is 0 Å². The van der Waals surface area contributed by atoms with Crippen LogP contribution in [0, 0.1) is 5.92 Å². The monoisotopic (exact) mass is 390 g/mol. The highest BCUT2D eigenvalue weighted by Gasteiger charge is 2.16. The van der Waals surface area contributed by atoms with Crippen molar-refractivity contribution in [2.45, 2.75) is 39.7 Å². The zero-order valence-corrected chi connectivity index (χ0v) is 16.6. The molecular weight excluding hydrogens is 364 g/mol. The van der Waals surface area contributed by atoms with E-state index >= 15 is 0 Å². The summed E-state index contributed by atoms with van der Waals surface area (Å²) >= 11 is 0. The van der Waals surface area contributed by atoms with Gasteiger partial charge in [-0.05, 0) is 72.7 Å². The predicted molar refractivity (Wildman–Crippen MR) is 109 cm³/mol. The average molecular weight is 391 g/mol. The van der Waals surface area contributed by atoms with E-state index in [0.717, 1.165) is 43.0 Å². The van der Waals surface area contributed by atoms with Gasteiger partial charge in [0.05, 0.1) is 0 Å². The smallest absolute Gasteiger partial charge is 0.409 e. The minimum absolute atomic E-state index is 0. The molecule has 0 fully saturated rings. The van der Waals surface area contributed by atoms with Gasteiger partial charge in [0.2, 0.25) is 0 Å². The van der Waals surface area contributed by atoms with E-state index < -0.39 is 6.09 Å². The number of rotatable bonds is 6. The van der Waals surface area contributed by atoms with Gasteiger partial charge in [0.15, 0.2) is 0 Å². The summed E-state index contributed by atoms with van der Waals surface area (Å²) < 4.78 is 11.0. The number of hydrogen-bond acceptors (Lipinski definition) is 4. The molecule has 0 aliphatic carbocycles. The standard InChI is InChI=1S/C21H26N2O3.ClH/c1-14(2)9-10-23-13-15-3-7-19-16(11-15)4-5-17-12-18(25-21(22)24)6-8-20(17)26-19;/h3,6-8,11-12,14,23H,4-5,9-10,13H2,1-2H3,(H2,22,24);1H. The molecule has 3 rings (SSSR count). The fourth-order valence-corrected chi connectivity index (χ4v) is 3.08. The molecule has 0 aromatic heterocycles. The summed E-state index contributed by atoms with van der Waals surface area (Å²) in [6.45, 7) is 6.36. The lowest BCUT2D eigenvalue weighted by molar-refractivity contribution is 0.211. The summed E-state index contributed by atoms with van der Waals surface area (Å²) in [6, 6.07) is 11.7. The van der Waals surface area contributed by atoms with Gasteiger partial charge in [-0.2, -0.15) is 0 Å². The normalized spacial score (nSPS) is 12.3. The SMILES string of the molecule is CC(C)CCNCc1ccc2c(c1)CCc1cc(OC(N)=O)ccc1O2.Cl. The van der Waals surface area contributed by atoms with Crippen LogP contribution in [0.25, 0.3) is 0 Å². The van der Waals surface area contributed by atoms with Gasteiger partial charge in [-0.1, -0.05) is 26.0 Å². The number of ether oxygens (including phenoxy) is 2. The number of carbonyl (C=O) groups excluding carboxylic acids is 1. The molecule has 3 N–H and O–H groups in total. The van der Waals surface area contributed by atoms with Crippen LogP contribution in [0.4, 0.5) is 4.79 Å². The van der Waals surface area contributed by atoms with Crippen LogP contribution in [0.1, 0.15) is 37.0 Å². The van der Waals surface area contributed by atoms with Gasteiger partial charge < -0.3 is 20.5 Å². The Morgan fingerprint density at radius 3 is 2.48 bits per heavy atom. The molecular formula is C21H27ClN2O3. The third kappa shape index (κ3) is 5.88. The minimum atomic E-state index is -0.808. The Balaban J connectivity index is 0.00000261. The van der Waals surface area contributed by atoms with E-state index in [1.54, 1.807) is 6.07 Å². The van der Waals surface area contributed by atoms with Crippen molar-refractivity contribution >= 4 is 18.5 Å². The summed E-state index contributed by atoms with van der Waals surface area (Å²) in [7, 11) is 0. The van der Waals surface area contributed by atoms with E-state index in [9.17, 15) is 4.79 Å². The lowest BCUT2D eigenvalue weighted by Crippen LogP contribution is -2.16. The average Bonchev–Trinajstić information content (AvgIpc) is 2.77. The number of carbonyl (C=O) groups is 1. The molecule has 0 bridgehead atoms. The van der Waals surface area contributed by atoms with Crippen molar-refractivity contribution in [2.75, 3.05) is 6.54 Å². The molecule has 2 aromatic rings. The van der Waals surface area contributed by atoms with Crippen molar-refractivity contribution < 1.29 is 14.3 Å². The van der Waals surface area contributed by atoms with Crippen LogP contribution in [0.5, 0.6) is 17.2 Å². The molecule has 1 heterocycles. The molecule has 146 valence electrons. The Morgan fingerprint density at radius 2 is 1.81 bits per heavy atom. The third-order valence-corrected chi connectivity index (χ3v) is 4.49. The number of nitrogens with one attached hydrogen (secondary N) is 1. The highest BCUT2D eigenvalue weighted by molar-refractivity contribution is 5.85. The fourth-order valence-electron chi connectivity index (χ4n) is 3.08. The van der Waals surface area contributed by atoms with Crippen LogP contribution in [0.3, 0.4) is 0 Å². The molecule has 1 amide bonds. The lowest BCUT2D eigenvalue weighted by Gasteiger charge is -2.12. The first-order valence-corrected chi connectivity index (χ1v) is 9.12. The topological polar surface area (TPSA) is 73.6 Å². The highest BCUT2D eigenvalue weighted by Crippen LogP contribution is 2.35. The Morgan fingerprint density at radius 1 is 1.15 bits per heavy atom. The molecule has 0 saturated heterocycles. The number of amides is 1. The lowest BCUT2D eigenvalue weighted by atomic mass is 10.0. The maximum Gasteiger partial charge on any atom is 0.409 e. The molecule has 5 nitrogen and oxygen atoms in total. The van der Waals surface area contributed by atoms with Crippen molar-refractivity contribution in [1.82, 2.24) is 5.32 Å². The van der Waals surface area contributed by atoms with Crippen LogP contribution in [0.15, 0.2) is 36.4 Å². The van der Waals surface area contributed by atoms with Crippen molar-refractivity contribution in [3.63, 3.8) is 0 Å². The molecule has 6 heteroatoms. The van der Waals surface area contributed by atoms with Crippen molar-refractivity contribution in [1.29, 1.82) is 0 Å². The molecule has 1 aliphatic heterocycles. The van der Waals surface area contributed by atoms with Crippen LogP contribution < -0.4 is 20.5 Å². The van der Waals surface area contributed by atoms with Gasteiger partial charge in [0.1, 0.15) is 17.2 Å². The van der Waals surface area contributed by atoms with Gasteiger partial charge in [-0.25, -0.2) is 4.79 Å². The molecule has 0 spiro atoms. The van der Waals surface area contributed by atoms with E-state index in [1.165, 1.54) is 17.5 Å². The quantitative estimate of drug-likeness (QED) is 0.707. The summed E-state index contributed by atoms with van der Waals surface area (Å²) in [6.07, 6.45) is 2.07. The first-order valence-electron chi connectivity index (χ1n) is 9.12. The van der Waals surface area contributed by atoms with Crippen molar-refractivity contribution in [3.05, 3.63) is 53.1 Å². The molecule has 0 atom stereocenters. The second-order valence-corrected chi connectivity index (χ2v) is 7.09. The maximum atomic E-state index is 10.9. The number of aryl methyl sites for hydroxylation is 2. The van der Waals surface area contributed by atoms with Gasteiger partial charge >= 0.3 is 6.09 Å². The maximum absolute atomic E-state index is 10.9. The zero-order chi connectivity index (χ0) is 18.5. The van der Waals surface area contributed by atoms with Gasteiger partial charge in [0, 0.05) is 6.54 Å². The molecule has 0 saturated carbocycles. The first-order chi connectivity index (χ1) is 12.5. The van der Waals surface area contributed by atoms with Gasteiger partial charge in [-0.3, -0.25) is 0 Å². The minimum Gasteiger partial charge on any atom is -0.457 e. The number of halogens is 1. The Kier molecular flexibility index (Phi) is 7.51. The number of benzene rings is 2. The van der Waals surface area contributed by atoms with Crippen LogP contribution in [-0.2, 0) is 19.4 Å². The summed E-state index contributed by atoms with van der Waals surface area (Å²) in [5.74, 6) is 2.84. The summed E-state index contributed by atoms with van der Waals surface area (Å²) in [5, 5.41) is 3.50. The first kappa shape index (κ1) is 21.1. The third-order valence-electron chi connectivity index (χ3n) is 4.49. The van der Waals surface area contributed by atoms with E-state index in [0.29, 0.717) is 11.7 Å². The number of nitrogens with two attached hydrogens (primary N) is 1. The summed E-state index contributed by atoms with van der Waals surface area (Å²) in [4.78, 5) is 10.9. The molecule has 0 unspecified atom stereocenters. The molecule has 27 heavy (non-hydrogen) atoms. The van der Waals surface area contributed by atoms with Gasteiger partial charge in [-0.15, -0.1) is 12.4 Å². The van der Waals surface area contributed by atoms with E-state index in [2.05, 4.69) is 31.3 Å². The van der Waals surface area contributed by atoms with Crippen molar-refractivity contribution in [3.8, 4) is 17.2 Å². The van der Waals surface area contributed by atoms with Crippen LogP contribution in [-0.4, -0.2) is 12.6 Å². The van der Waals surface area contributed by atoms with Crippen LogP contribution >= 0.6 is 12.4 Å². The number of fused-ring (bicyclic) bond motifs is 2. The molecule has 2 aromatic carbocycles. The fraction of sp³-hybridized carbons (Fsp3) is 0.381. The zero-order valence-electron chi connectivity index (χ0n) is 15.8. The second-order valence-electron chi connectivity index (χ2n) is 7.09. The van der Waals surface area contributed by atoms with E-state index in [4.69, 9.17) is 15.2 Å². The second kappa shape index (κ2) is 9.62. The molecule has 1 aliphatic rings. The highest BCUT2D eigenvalue weighted by atomic mass is 35.5. The largest absolute Gasteiger partial charge is 0.457 e. The Labute approximate surface area is 166 Å². The number of hydrogen-bond donors (Lipinski definition) is 2.